The zero-order chi connectivity index (χ0) is 9.14. The maximum Gasteiger partial charge on any atom is 0.120 e. The van der Waals surface area contributed by atoms with Crippen LogP contribution < -0.4 is 5.73 Å². The number of pyridine rings is 1. The lowest BCUT2D eigenvalue weighted by Gasteiger charge is -2.06. The van der Waals surface area contributed by atoms with Crippen molar-refractivity contribution in [2.24, 2.45) is 5.73 Å². The third kappa shape index (κ3) is 2.15. The Kier molecular flexibility index (Phi) is 3.43. The molecule has 1 rings (SSSR count). The fourth-order valence-electron chi connectivity index (χ4n) is 0.754. The summed E-state index contributed by atoms with van der Waals surface area (Å²) in [5, 5.41) is 0. The molecule has 0 aliphatic heterocycles. The van der Waals surface area contributed by atoms with E-state index >= 15 is 0 Å². The Labute approximate surface area is 88.1 Å². The molecule has 2 N–H and O–H groups in total. The van der Waals surface area contributed by atoms with Crippen LogP contribution in [-0.2, 0) is 0 Å². The fourth-order valence-corrected chi connectivity index (χ4v) is 1.34. The highest BCUT2D eigenvalue weighted by Crippen LogP contribution is 2.23. The van der Waals surface area contributed by atoms with E-state index in [1.165, 1.54) is 0 Å². The van der Waals surface area contributed by atoms with Crippen molar-refractivity contribution in [1.29, 1.82) is 0 Å². The van der Waals surface area contributed by atoms with Gasteiger partial charge in [0, 0.05) is 12.2 Å². The number of rotatable bonds is 2. The van der Waals surface area contributed by atoms with E-state index in [1.54, 1.807) is 12.3 Å². The minimum Gasteiger partial charge on any atom is -0.321 e. The quantitative estimate of drug-likeness (QED) is 0.672. The lowest BCUT2D eigenvalue weighted by molar-refractivity contribution is 0.899. The number of hydrogen-bond donors (Lipinski definition) is 1. The van der Waals surface area contributed by atoms with Crippen molar-refractivity contribution in [3.63, 3.8) is 0 Å². The van der Waals surface area contributed by atoms with Crippen molar-refractivity contribution in [3.05, 3.63) is 39.6 Å². The smallest absolute Gasteiger partial charge is 0.120 e. The maximum atomic E-state index is 5.72. The van der Waals surface area contributed by atoms with E-state index in [0.29, 0.717) is 0 Å². The van der Waals surface area contributed by atoms with E-state index < -0.39 is 0 Å². The molecule has 0 spiro atoms. The van der Waals surface area contributed by atoms with Gasteiger partial charge in [0.2, 0.25) is 0 Å². The first-order valence-electron chi connectivity index (χ1n) is 3.34. The van der Waals surface area contributed by atoms with Gasteiger partial charge in [-0.2, -0.15) is 0 Å². The van der Waals surface area contributed by atoms with Gasteiger partial charge < -0.3 is 5.73 Å². The van der Waals surface area contributed by atoms with Crippen LogP contribution in [0.1, 0.15) is 11.6 Å². The largest absolute Gasteiger partial charge is 0.321 e. The molecular weight excluding hydrogens is 284 g/mol. The molecule has 64 valence electrons. The summed E-state index contributed by atoms with van der Waals surface area (Å²) < 4.78 is 1.68. The molecule has 0 unspecified atom stereocenters. The minimum atomic E-state index is -0.151. The SMILES string of the molecule is C=C[C@H](N)c1cnc(Br)c(Br)c1. The summed E-state index contributed by atoms with van der Waals surface area (Å²) in [6.07, 6.45) is 3.40. The molecule has 4 heteroatoms. The van der Waals surface area contributed by atoms with Crippen LogP contribution in [0.4, 0.5) is 0 Å². The average molecular weight is 292 g/mol. The van der Waals surface area contributed by atoms with Gasteiger partial charge in [0.05, 0.1) is 4.47 Å². The summed E-state index contributed by atoms with van der Waals surface area (Å²) in [5.41, 5.74) is 6.66. The molecule has 0 radical (unpaired) electrons. The van der Waals surface area contributed by atoms with Crippen molar-refractivity contribution in [3.8, 4) is 0 Å². The molecule has 0 saturated heterocycles. The van der Waals surface area contributed by atoms with Gasteiger partial charge in [-0.05, 0) is 43.5 Å². The van der Waals surface area contributed by atoms with Gasteiger partial charge in [-0.15, -0.1) is 6.58 Å². The second-order valence-corrected chi connectivity index (χ2v) is 3.91. The zero-order valence-corrected chi connectivity index (χ0v) is 9.47. The van der Waals surface area contributed by atoms with Gasteiger partial charge in [0.1, 0.15) is 4.60 Å². The molecule has 0 aliphatic carbocycles. The molecule has 0 saturated carbocycles. The van der Waals surface area contributed by atoms with Crippen LogP contribution >= 0.6 is 31.9 Å². The van der Waals surface area contributed by atoms with E-state index in [1.807, 2.05) is 6.07 Å². The fraction of sp³-hybridized carbons (Fsp3) is 0.125. The normalized spacial score (nSPS) is 12.6. The van der Waals surface area contributed by atoms with Crippen LogP contribution in [0.15, 0.2) is 34.0 Å². The number of aromatic nitrogens is 1. The summed E-state index contributed by atoms with van der Waals surface area (Å²) >= 11 is 6.62. The molecule has 2 nitrogen and oxygen atoms in total. The highest BCUT2D eigenvalue weighted by atomic mass is 79.9. The predicted molar refractivity (Wildman–Crippen MR) is 56.8 cm³/mol. The molecule has 1 atom stereocenters. The average Bonchev–Trinajstić information content (AvgIpc) is 2.08. The Bertz CT molecular complexity index is 299. The first kappa shape index (κ1) is 9.89. The summed E-state index contributed by atoms with van der Waals surface area (Å²) in [6.45, 7) is 3.61. The third-order valence-corrected chi connectivity index (χ3v) is 3.22. The summed E-state index contributed by atoms with van der Waals surface area (Å²) in [4.78, 5) is 4.09. The summed E-state index contributed by atoms with van der Waals surface area (Å²) in [5.74, 6) is 0. The van der Waals surface area contributed by atoms with Crippen LogP contribution in [0.3, 0.4) is 0 Å². The van der Waals surface area contributed by atoms with Crippen molar-refractivity contribution in [2.45, 2.75) is 6.04 Å². The molecule has 0 amide bonds. The minimum absolute atomic E-state index is 0.151. The van der Waals surface area contributed by atoms with Gasteiger partial charge in [-0.25, -0.2) is 4.98 Å². The van der Waals surface area contributed by atoms with Gasteiger partial charge in [0.15, 0.2) is 0 Å². The van der Waals surface area contributed by atoms with Crippen molar-refractivity contribution in [1.82, 2.24) is 4.98 Å². The van der Waals surface area contributed by atoms with Crippen LogP contribution in [-0.4, -0.2) is 4.98 Å². The van der Waals surface area contributed by atoms with Crippen molar-refractivity contribution in [2.75, 3.05) is 0 Å². The molecular formula is C8H8Br2N2. The van der Waals surface area contributed by atoms with Gasteiger partial charge in [-0.1, -0.05) is 6.08 Å². The van der Waals surface area contributed by atoms with E-state index in [2.05, 4.69) is 43.4 Å². The first-order valence-corrected chi connectivity index (χ1v) is 4.93. The van der Waals surface area contributed by atoms with E-state index in [0.717, 1.165) is 14.6 Å². The third-order valence-electron chi connectivity index (χ3n) is 1.46. The predicted octanol–water partition coefficient (Wildman–Crippen LogP) is 2.79. The zero-order valence-electron chi connectivity index (χ0n) is 6.30. The molecule has 1 aromatic heterocycles. The summed E-state index contributed by atoms with van der Waals surface area (Å²) in [6, 6.07) is 1.77. The maximum absolute atomic E-state index is 5.72. The van der Waals surface area contributed by atoms with E-state index in [4.69, 9.17) is 5.73 Å². The van der Waals surface area contributed by atoms with E-state index in [9.17, 15) is 0 Å². The van der Waals surface area contributed by atoms with E-state index in [-0.39, 0.29) is 6.04 Å². The lowest BCUT2D eigenvalue weighted by Crippen LogP contribution is -2.06. The number of halogens is 2. The van der Waals surface area contributed by atoms with Gasteiger partial charge in [0.25, 0.3) is 0 Å². The molecule has 0 fully saturated rings. The second kappa shape index (κ2) is 4.16. The highest BCUT2D eigenvalue weighted by molar-refractivity contribution is 9.13. The Morgan fingerprint density at radius 2 is 2.25 bits per heavy atom. The van der Waals surface area contributed by atoms with Crippen molar-refractivity contribution < 1.29 is 0 Å². The Balaban J connectivity index is 3.04. The first-order chi connectivity index (χ1) is 5.65. The standard InChI is InChI=1S/C8H8Br2N2/c1-2-7(11)5-3-6(9)8(10)12-4-5/h2-4,7H,1,11H2/t7-/m0/s1. The lowest BCUT2D eigenvalue weighted by atomic mass is 10.1. The molecule has 1 heterocycles. The molecule has 0 aliphatic rings. The molecule has 0 bridgehead atoms. The molecule has 12 heavy (non-hydrogen) atoms. The Hall–Kier alpha value is -0.190. The monoisotopic (exact) mass is 290 g/mol. The van der Waals surface area contributed by atoms with Crippen LogP contribution in [0.25, 0.3) is 0 Å². The van der Waals surface area contributed by atoms with Crippen LogP contribution in [0.5, 0.6) is 0 Å². The van der Waals surface area contributed by atoms with Crippen LogP contribution in [0.2, 0.25) is 0 Å². The highest BCUT2D eigenvalue weighted by Gasteiger charge is 2.04. The number of nitrogens with zero attached hydrogens (tertiary/aromatic N) is 1. The second-order valence-electron chi connectivity index (χ2n) is 2.30. The Morgan fingerprint density at radius 1 is 1.58 bits per heavy atom. The molecule has 1 aromatic rings. The molecule has 0 aromatic carbocycles. The number of nitrogens with two attached hydrogens (primary N) is 1. The van der Waals surface area contributed by atoms with Gasteiger partial charge in [-0.3, -0.25) is 0 Å². The van der Waals surface area contributed by atoms with Gasteiger partial charge >= 0.3 is 0 Å². The summed E-state index contributed by atoms with van der Waals surface area (Å²) in [7, 11) is 0. The van der Waals surface area contributed by atoms with Crippen molar-refractivity contribution >= 4 is 31.9 Å². The van der Waals surface area contributed by atoms with Crippen LogP contribution in [0, 0.1) is 0 Å². The Morgan fingerprint density at radius 3 is 2.75 bits per heavy atom. The topological polar surface area (TPSA) is 38.9 Å². The number of hydrogen-bond acceptors (Lipinski definition) is 2.